The highest BCUT2D eigenvalue weighted by atomic mass is 19.4. The molecule has 0 heterocycles. The van der Waals surface area contributed by atoms with E-state index >= 15 is 0 Å². The Morgan fingerprint density at radius 3 is 0.771 bits per heavy atom. The van der Waals surface area contributed by atoms with E-state index < -0.39 is 109 Å². The van der Waals surface area contributed by atoms with Crippen molar-refractivity contribution in [1.29, 1.82) is 5.26 Å². The average molecular weight is 777 g/mol. The number of nitriles is 1. The van der Waals surface area contributed by atoms with E-state index in [1.54, 1.807) is 0 Å². The zero-order chi connectivity index (χ0) is 39.6. The monoisotopic (exact) mass is 777 g/mol. The van der Waals surface area contributed by atoms with E-state index in [0.29, 0.717) is 0 Å². The van der Waals surface area contributed by atoms with E-state index in [2.05, 4.69) is 0 Å². The summed E-state index contributed by atoms with van der Waals surface area (Å²) in [6.45, 7) is 0. The molecule has 0 aliphatic carbocycles. The van der Waals surface area contributed by atoms with Gasteiger partial charge in [0.15, 0.2) is 5.41 Å². The molecule has 0 saturated carbocycles. The predicted octanol–water partition coefficient (Wildman–Crippen LogP) is 9.62. The van der Waals surface area contributed by atoms with Crippen molar-refractivity contribution < 1.29 is 124 Å². The normalized spacial score (nSPS) is 16.2. The molecule has 0 aliphatic rings. The van der Waals surface area contributed by atoms with Gasteiger partial charge in [0.05, 0.1) is 6.07 Å². The summed E-state index contributed by atoms with van der Waals surface area (Å²) in [5.74, 6) is -84.7. The Balaban J connectivity index is 6.71. The van der Waals surface area contributed by atoms with Crippen molar-refractivity contribution in [2.45, 2.75) is 97.3 Å². The highest BCUT2D eigenvalue weighted by Gasteiger charge is 2.92. The van der Waals surface area contributed by atoms with E-state index in [9.17, 15) is 119 Å². The lowest BCUT2D eigenvalue weighted by Gasteiger charge is -2.40. The van der Waals surface area contributed by atoms with Crippen LogP contribution in [0.2, 0.25) is 0 Å². The molecule has 0 atom stereocenters. The lowest BCUT2D eigenvalue weighted by Crippen LogP contribution is -2.70. The smallest absolute Gasteiger partial charge is 0.460 e. The van der Waals surface area contributed by atoms with Crippen LogP contribution in [0.15, 0.2) is 0 Å². The van der Waals surface area contributed by atoms with Crippen molar-refractivity contribution in [3.63, 3.8) is 0 Å². The second-order valence-electron chi connectivity index (χ2n) is 9.50. The van der Waals surface area contributed by atoms with Crippen molar-refractivity contribution in [3.8, 4) is 6.07 Å². The number of carboxylic acid groups (broad SMARTS) is 1. The summed E-state index contributed by atoms with van der Waals surface area (Å²) in [6, 6.07) is 0.0245. The second kappa shape index (κ2) is 11.9. The Labute approximate surface area is 245 Å². The van der Waals surface area contributed by atoms with Crippen LogP contribution in [0.1, 0.15) is 25.7 Å². The lowest BCUT2D eigenvalue weighted by atomic mass is 9.76. The van der Waals surface area contributed by atoms with Gasteiger partial charge in [-0.05, 0) is 12.8 Å². The standard InChI is InChI=1S/C19H9F26NO2/c20-8(21,10(24,25)12(28,29)14(32,33)16(36,37)18(40,41)42)3-1-7(5-46,6(47)48)2-4-9(22,23)11(26,27)13(30,31)15(34,35)17(38,39)19(43,44)45/h1-4H2,(H,47,48). The molecule has 0 aromatic rings. The van der Waals surface area contributed by atoms with Crippen molar-refractivity contribution in [3.05, 3.63) is 0 Å². The number of hydrogen-bond donors (Lipinski definition) is 1. The zero-order valence-electron chi connectivity index (χ0n) is 21.5. The third kappa shape index (κ3) is 6.32. The van der Waals surface area contributed by atoms with E-state index in [0.717, 1.165) is 0 Å². The molecule has 0 rings (SSSR count). The molecule has 0 amide bonds. The molecule has 0 spiro atoms. The quantitative estimate of drug-likeness (QED) is 0.169. The maximum atomic E-state index is 14.0. The highest BCUT2D eigenvalue weighted by Crippen LogP contribution is 2.63. The van der Waals surface area contributed by atoms with E-state index in [-0.39, 0.29) is 6.07 Å². The number of aliphatic carboxylic acids is 1. The van der Waals surface area contributed by atoms with Crippen molar-refractivity contribution >= 4 is 5.97 Å². The van der Waals surface area contributed by atoms with Gasteiger partial charge in [-0.25, -0.2) is 0 Å². The number of nitrogens with zero attached hydrogens (tertiary/aromatic N) is 1. The van der Waals surface area contributed by atoms with Crippen LogP contribution in [0.25, 0.3) is 0 Å². The molecule has 29 heteroatoms. The van der Waals surface area contributed by atoms with Crippen molar-refractivity contribution in [2.24, 2.45) is 5.41 Å². The Bertz CT molecular complexity index is 1140. The summed E-state index contributed by atoms with van der Waals surface area (Å²) in [5, 5.41) is 17.8. The minimum atomic E-state index is -8.51. The summed E-state index contributed by atoms with van der Waals surface area (Å²) in [4.78, 5) is 11.3. The maximum absolute atomic E-state index is 14.0. The molecule has 1 N–H and O–H groups in total. The number of hydrogen-bond acceptors (Lipinski definition) is 2. The van der Waals surface area contributed by atoms with Crippen molar-refractivity contribution in [1.82, 2.24) is 0 Å². The fourth-order valence-corrected chi connectivity index (χ4v) is 3.16. The summed E-state index contributed by atoms with van der Waals surface area (Å²) in [7, 11) is 0. The van der Waals surface area contributed by atoms with Gasteiger partial charge in [0.1, 0.15) is 0 Å². The van der Waals surface area contributed by atoms with Gasteiger partial charge < -0.3 is 5.11 Å². The molecule has 0 bridgehead atoms. The van der Waals surface area contributed by atoms with Crippen LogP contribution in [0.4, 0.5) is 114 Å². The van der Waals surface area contributed by atoms with E-state index in [1.165, 1.54) is 0 Å². The highest BCUT2D eigenvalue weighted by molar-refractivity contribution is 5.78. The number of carbonyl (C=O) groups is 1. The van der Waals surface area contributed by atoms with Gasteiger partial charge in [-0.2, -0.15) is 119 Å². The average Bonchev–Trinajstić information content (AvgIpc) is 2.86. The summed E-state index contributed by atoms with van der Waals surface area (Å²) in [5.41, 5.74) is -4.58. The van der Waals surface area contributed by atoms with E-state index in [1.807, 2.05) is 0 Å². The molecule has 0 unspecified atom stereocenters. The van der Waals surface area contributed by atoms with Crippen LogP contribution in [0, 0.1) is 16.7 Å². The van der Waals surface area contributed by atoms with Crippen LogP contribution >= 0.6 is 0 Å². The fourth-order valence-electron chi connectivity index (χ4n) is 3.16. The van der Waals surface area contributed by atoms with Crippen molar-refractivity contribution in [2.75, 3.05) is 0 Å². The third-order valence-corrected chi connectivity index (χ3v) is 6.35. The van der Waals surface area contributed by atoms with Gasteiger partial charge in [-0.1, -0.05) is 0 Å². The number of rotatable bonds is 15. The fraction of sp³-hybridized carbons (Fsp3) is 0.895. The summed E-state index contributed by atoms with van der Waals surface area (Å²) >= 11 is 0. The molecular weight excluding hydrogens is 768 g/mol. The molecule has 284 valence electrons. The Kier molecular flexibility index (Phi) is 11.2. The predicted molar refractivity (Wildman–Crippen MR) is 95.7 cm³/mol. The third-order valence-electron chi connectivity index (χ3n) is 6.35. The molecule has 0 aromatic carbocycles. The Morgan fingerprint density at radius 1 is 0.396 bits per heavy atom. The molecule has 0 fully saturated rings. The molecule has 0 aliphatic heterocycles. The first-order chi connectivity index (χ1) is 20.4. The van der Waals surface area contributed by atoms with Crippen LogP contribution in [0.3, 0.4) is 0 Å². The van der Waals surface area contributed by atoms with Crippen LogP contribution in [0.5, 0.6) is 0 Å². The molecule has 0 radical (unpaired) electrons. The molecule has 3 nitrogen and oxygen atoms in total. The Hall–Kier alpha value is -2.86. The van der Waals surface area contributed by atoms with Gasteiger partial charge >= 0.3 is 77.5 Å². The Morgan fingerprint density at radius 2 is 0.604 bits per heavy atom. The topological polar surface area (TPSA) is 61.1 Å². The minimum Gasteiger partial charge on any atom is -0.480 e. The molecular formula is C19H9F26NO2. The molecule has 0 aromatic heterocycles. The second-order valence-corrected chi connectivity index (χ2v) is 9.50. The maximum Gasteiger partial charge on any atom is 0.460 e. The molecule has 48 heavy (non-hydrogen) atoms. The van der Waals surface area contributed by atoms with Gasteiger partial charge in [0.25, 0.3) is 0 Å². The lowest BCUT2D eigenvalue weighted by molar-refractivity contribution is -0.440. The SMILES string of the molecule is N#CC(CCC(F)(F)C(F)(F)C(F)(F)C(F)(F)C(F)(F)C(F)(F)F)(CCC(F)(F)C(F)(F)C(F)(F)C(F)(F)C(F)(F)C(F)(F)F)C(=O)O. The first kappa shape index (κ1) is 45.1. The number of carboxylic acids is 1. The van der Waals surface area contributed by atoms with Gasteiger partial charge in [0, 0.05) is 12.8 Å². The zero-order valence-corrected chi connectivity index (χ0v) is 21.5. The largest absolute Gasteiger partial charge is 0.480 e. The van der Waals surface area contributed by atoms with Gasteiger partial charge in [-0.3, -0.25) is 4.79 Å². The summed E-state index contributed by atoms with van der Waals surface area (Å²) < 4.78 is 343. The summed E-state index contributed by atoms with van der Waals surface area (Å²) in [6.07, 6.45) is -29.2. The minimum absolute atomic E-state index is 0.0245. The first-order valence-electron chi connectivity index (χ1n) is 11.0. The first-order valence-corrected chi connectivity index (χ1v) is 11.0. The van der Waals surface area contributed by atoms with Gasteiger partial charge in [0.2, 0.25) is 0 Å². The van der Waals surface area contributed by atoms with Crippen LogP contribution in [-0.2, 0) is 4.79 Å². The molecule has 0 saturated heterocycles. The number of alkyl halides is 26. The van der Waals surface area contributed by atoms with Gasteiger partial charge in [-0.15, -0.1) is 0 Å². The van der Waals surface area contributed by atoms with Crippen LogP contribution < -0.4 is 0 Å². The van der Waals surface area contributed by atoms with Crippen LogP contribution in [-0.4, -0.2) is 82.7 Å². The van der Waals surface area contributed by atoms with E-state index in [4.69, 9.17) is 10.4 Å². The number of halogens is 26.